The maximum Gasteiger partial charge on any atom is 0.283 e. The number of sulfonamides is 1. The van der Waals surface area contributed by atoms with Gasteiger partial charge in [0.2, 0.25) is 10.0 Å². The van der Waals surface area contributed by atoms with Gasteiger partial charge in [0.1, 0.15) is 10.8 Å². The molecule has 17 heavy (non-hydrogen) atoms. The molecule has 4 nitrogen and oxygen atoms in total. The third kappa shape index (κ3) is 3.95. The molecule has 1 aromatic rings. The number of alkyl halides is 2. The summed E-state index contributed by atoms with van der Waals surface area (Å²) in [7, 11) is -3.96. The van der Waals surface area contributed by atoms with Crippen molar-refractivity contribution in [2.24, 2.45) is 0 Å². The highest BCUT2D eigenvalue weighted by atomic mass is 79.9. The fourth-order valence-corrected chi connectivity index (χ4v) is 4.22. The van der Waals surface area contributed by atoms with Gasteiger partial charge in [-0.05, 0) is 34.5 Å². The first-order valence-corrected chi connectivity index (χ1v) is 7.51. The molecule has 0 bridgehead atoms. The molecule has 1 heterocycles. The third-order valence-corrected chi connectivity index (χ3v) is 5.86. The Morgan fingerprint density at radius 2 is 2.18 bits per heavy atom. The summed E-state index contributed by atoms with van der Waals surface area (Å²) in [5.74, 6) is -3.46. The lowest BCUT2D eigenvalue weighted by Gasteiger charge is -2.13. The summed E-state index contributed by atoms with van der Waals surface area (Å²) < 4.78 is 51.0. The zero-order valence-electron chi connectivity index (χ0n) is 8.71. The van der Waals surface area contributed by atoms with Crippen molar-refractivity contribution in [2.75, 3.05) is 13.2 Å². The minimum atomic E-state index is -3.96. The fourth-order valence-electron chi connectivity index (χ4n) is 0.892. The van der Waals surface area contributed by atoms with Gasteiger partial charge in [-0.15, -0.1) is 11.3 Å². The number of halogens is 3. The Morgan fingerprint density at radius 3 is 2.59 bits per heavy atom. The Kier molecular flexibility index (Phi) is 4.64. The van der Waals surface area contributed by atoms with Gasteiger partial charge in [0.25, 0.3) is 5.92 Å². The lowest BCUT2D eigenvalue weighted by Crippen LogP contribution is -2.38. The number of aryl methyl sites for hydroxylation is 1. The van der Waals surface area contributed by atoms with Crippen molar-refractivity contribution in [1.29, 1.82) is 0 Å². The van der Waals surface area contributed by atoms with Crippen LogP contribution in [0.2, 0.25) is 0 Å². The van der Waals surface area contributed by atoms with Gasteiger partial charge in [-0.3, -0.25) is 0 Å². The molecule has 0 radical (unpaired) electrons. The van der Waals surface area contributed by atoms with E-state index in [0.29, 0.717) is 9.35 Å². The molecule has 0 unspecified atom stereocenters. The van der Waals surface area contributed by atoms with E-state index in [1.54, 1.807) is 11.6 Å². The molecule has 98 valence electrons. The second-order valence-corrected chi connectivity index (χ2v) is 7.72. The average Bonchev–Trinajstić information content (AvgIpc) is 2.58. The second-order valence-electron chi connectivity index (χ2n) is 3.36. The molecule has 0 atom stereocenters. The van der Waals surface area contributed by atoms with E-state index in [1.807, 2.05) is 0 Å². The van der Waals surface area contributed by atoms with Crippen LogP contribution in [0.1, 0.15) is 5.56 Å². The smallest absolute Gasteiger partial charge is 0.283 e. The molecule has 0 amide bonds. The van der Waals surface area contributed by atoms with Crippen LogP contribution in [0.15, 0.2) is 14.1 Å². The summed E-state index contributed by atoms with van der Waals surface area (Å²) in [4.78, 5) is 0. The molecular formula is C8H10BrF2NO3S2. The molecule has 0 aliphatic rings. The Balaban J connectivity index is 2.83. The number of nitrogens with one attached hydrogen (secondary N) is 1. The first kappa shape index (κ1) is 15.0. The van der Waals surface area contributed by atoms with E-state index in [2.05, 4.69) is 15.9 Å². The largest absolute Gasteiger partial charge is 0.390 e. The highest BCUT2D eigenvalue weighted by Gasteiger charge is 2.30. The molecule has 0 spiro atoms. The highest BCUT2D eigenvalue weighted by molar-refractivity contribution is 9.11. The number of aliphatic hydroxyl groups is 1. The quantitative estimate of drug-likeness (QED) is 0.850. The van der Waals surface area contributed by atoms with Crippen molar-refractivity contribution in [3.8, 4) is 0 Å². The normalized spacial score (nSPS) is 13.0. The maximum atomic E-state index is 12.7. The van der Waals surface area contributed by atoms with Crippen molar-refractivity contribution in [1.82, 2.24) is 4.72 Å². The molecule has 0 saturated carbocycles. The number of hydrogen-bond donors (Lipinski definition) is 2. The molecular weight excluding hydrogens is 340 g/mol. The van der Waals surface area contributed by atoms with Crippen LogP contribution in [-0.4, -0.2) is 32.6 Å². The van der Waals surface area contributed by atoms with Gasteiger partial charge >= 0.3 is 0 Å². The summed E-state index contributed by atoms with van der Waals surface area (Å²) in [6, 6.07) is 1.38. The van der Waals surface area contributed by atoms with Gasteiger partial charge < -0.3 is 5.11 Å². The fraction of sp³-hybridized carbons (Fsp3) is 0.500. The van der Waals surface area contributed by atoms with Crippen molar-refractivity contribution in [3.63, 3.8) is 0 Å². The summed E-state index contributed by atoms with van der Waals surface area (Å²) in [6.07, 6.45) is 0. The summed E-state index contributed by atoms with van der Waals surface area (Å²) >= 11 is 4.09. The SMILES string of the molecule is Cc1cc(S(=O)(=O)NCC(F)(F)CO)sc1Br. The zero-order chi connectivity index (χ0) is 13.3. The van der Waals surface area contributed by atoms with Gasteiger partial charge in [0, 0.05) is 0 Å². The van der Waals surface area contributed by atoms with Crippen LogP contribution < -0.4 is 4.72 Å². The van der Waals surface area contributed by atoms with Crippen LogP contribution in [0.25, 0.3) is 0 Å². The second kappa shape index (κ2) is 5.27. The van der Waals surface area contributed by atoms with Crippen LogP contribution in [0, 0.1) is 6.92 Å². The van der Waals surface area contributed by atoms with Crippen LogP contribution in [-0.2, 0) is 10.0 Å². The topological polar surface area (TPSA) is 66.4 Å². The van der Waals surface area contributed by atoms with E-state index in [-0.39, 0.29) is 4.21 Å². The minimum Gasteiger partial charge on any atom is -0.390 e. The summed E-state index contributed by atoms with van der Waals surface area (Å²) in [5, 5.41) is 8.32. The van der Waals surface area contributed by atoms with E-state index in [1.165, 1.54) is 6.07 Å². The van der Waals surface area contributed by atoms with Gasteiger partial charge in [-0.2, -0.15) is 0 Å². The maximum absolute atomic E-state index is 12.7. The molecule has 0 aliphatic carbocycles. The lowest BCUT2D eigenvalue weighted by molar-refractivity contribution is -0.0437. The van der Waals surface area contributed by atoms with Crippen LogP contribution in [0.4, 0.5) is 8.78 Å². The predicted molar refractivity (Wildman–Crippen MR) is 64.0 cm³/mol. The molecule has 0 saturated heterocycles. The lowest BCUT2D eigenvalue weighted by atomic mass is 10.4. The highest BCUT2D eigenvalue weighted by Crippen LogP contribution is 2.30. The number of thiophene rings is 1. The van der Waals surface area contributed by atoms with Crippen molar-refractivity contribution in [2.45, 2.75) is 17.1 Å². The minimum absolute atomic E-state index is 0.0457. The van der Waals surface area contributed by atoms with E-state index >= 15 is 0 Å². The van der Waals surface area contributed by atoms with Crippen LogP contribution in [0.5, 0.6) is 0 Å². The molecule has 0 fully saturated rings. The van der Waals surface area contributed by atoms with Gasteiger partial charge in [0.05, 0.1) is 10.3 Å². The third-order valence-electron chi connectivity index (χ3n) is 1.85. The zero-order valence-corrected chi connectivity index (χ0v) is 11.9. The molecule has 2 N–H and O–H groups in total. The molecule has 0 aliphatic heterocycles. The Morgan fingerprint density at radius 1 is 1.59 bits per heavy atom. The van der Waals surface area contributed by atoms with E-state index < -0.39 is 29.1 Å². The number of aliphatic hydroxyl groups excluding tert-OH is 1. The first-order chi connectivity index (χ1) is 7.68. The van der Waals surface area contributed by atoms with Gasteiger partial charge in [-0.25, -0.2) is 21.9 Å². The van der Waals surface area contributed by atoms with Crippen LogP contribution >= 0.6 is 27.3 Å². The van der Waals surface area contributed by atoms with E-state index in [4.69, 9.17) is 5.11 Å². The Bertz CT molecular complexity index is 481. The Hall–Kier alpha value is -0.0900. The number of rotatable bonds is 5. The molecule has 0 aromatic carbocycles. The summed E-state index contributed by atoms with van der Waals surface area (Å²) in [5.41, 5.74) is 0.712. The first-order valence-electron chi connectivity index (χ1n) is 4.42. The van der Waals surface area contributed by atoms with Crippen LogP contribution in [0.3, 0.4) is 0 Å². The van der Waals surface area contributed by atoms with E-state index in [9.17, 15) is 17.2 Å². The summed E-state index contributed by atoms with van der Waals surface area (Å²) in [6.45, 7) is -0.828. The predicted octanol–water partition coefficient (Wildman–Crippen LogP) is 1.72. The average molecular weight is 350 g/mol. The van der Waals surface area contributed by atoms with Gasteiger partial charge in [-0.1, -0.05) is 0 Å². The van der Waals surface area contributed by atoms with Crippen molar-refractivity contribution >= 4 is 37.3 Å². The Labute approximate surface area is 110 Å². The molecule has 9 heteroatoms. The monoisotopic (exact) mass is 349 g/mol. The standard InChI is InChI=1S/C8H10BrF2NO3S2/c1-5-2-6(16-7(5)9)17(14,15)12-3-8(10,11)4-13/h2,12-13H,3-4H2,1H3. The van der Waals surface area contributed by atoms with Crippen molar-refractivity contribution < 1.29 is 22.3 Å². The van der Waals surface area contributed by atoms with E-state index in [0.717, 1.165) is 11.3 Å². The van der Waals surface area contributed by atoms with Gasteiger partial charge in [0.15, 0.2) is 0 Å². The van der Waals surface area contributed by atoms with Crippen molar-refractivity contribution in [3.05, 3.63) is 15.4 Å². The molecule has 1 rings (SSSR count). The molecule has 1 aromatic heterocycles. The number of hydrogen-bond acceptors (Lipinski definition) is 4.